The van der Waals surface area contributed by atoms with E-state index in [2.05, 4.69) is 9.97 Å². The smallest absolute Gasteiger partial charge is 0.206 e. The second-order valence-electron chi connectivity index (χ2n) is 4.70. The maximum Gasteiger partial charge on any atom is 0.206 e. The van der Waals surface area contributed by atoms with Crippen molar-refractivity contribution in [1.29, 1.82) is 0 Å². The van der Waals surface area contributed by atoms with Crippen LogP contribution in [0, 0.1) is 5.82 Å². The third kappa shape index (κ3) is 3.21. The van der Waals surface area contributed by atoms with Crippen molar-refractivity contribution in [2.75, 3.05) is 0 Å². The Hall–Kier alpha value is -2.11. The molecule has 0 bridgehead atoms. The molecule has 0 aliphatic carbocycles. The van der Waals surface area contributed by atoms with Gasteiger partial charge < -0.3 is 0 Å². The molecule has 0 aliphatic heterocycles. The Morgan fingerprint density at radius 2 is 1.95 bits per heavy atom. The highest BCUT2D eigenvalue weighted by Crippen LogP contribution is 2.23. The molecule has 0 N–H and O–H groups in total. The summed E-state index contributed by atoms with van der Waals surface area (Å²) in [6.07, 6.45) is 4.97. The van der Waals surface area contributed by atoms with Gasteiger partial charge in [0.25, 0.3) is 0 Å². The number of hydrogen-bond donors (Lipinski definition) is 0. The fourth-order valence-electron chi connectivity index (χ4n) is 2.03. The minimum atomic E-state index is -0.435. The second kappa shape index (κ2) is 6.34. The first-order chi connectivity index (χ1) is 10.6. The highest BCUT2D eigenvalue weighted by atomic mass is 35.5. The number of ketones is 1. The van der Waals surface area contributed by atoms with Gasteiger partial charge in [0.2, 0.25) is 5.78 Å². The lowest BCUT2D eigenvalue weighted by atomic mass is 10.1. The van der Waals surface area contributed by atoms with E-state index in [0.717, 1.165) is 11.1 Å². The molecule has 110 valence electrons. The largest absolute Gasteiger partial charge is 0.288 e. The zero-order valence-electron chi connectivity index (χ0n) is 11.3. The van der Waals surface area contributed by atoms with E-state index in [4.69, 9.17) is 11.6 Å². The molecule has 0 saturated heterocycles. The zero-order chi connectivity index (χ0) is 15.5. The first-order valence-electron chi connectivity index (χ1n) is 6.44. The molecule has 2 heterocycles. The fourth-order valence-corrected chi connectivity index (χ4v) is 3.11. The van der Waals surface area contributed by atoms with Crippen LogP contribution in [0.4, 0.5) is 4.39 Å². The van der Waals surface area contributed by atoms with Crippen molar-refractivity contribution in [2.45, 2.75) is 6.42 Å². The summed E-state index contributed by atoms with van der Waals surface area (Å²) in [5, 5.41) is 2.01. The van der Waals surface area contributed by atoms with Crippen LogP contribution in [-0.2, 0) is 6.42 Å². The predicted molar refractivity (Wildman–Crippen MR) is 84.0 cm³/mol. The number of benzene rings is 1. The van der Waals surface area contributed by atoms with Gasteiger partial charge in [-0.15, -0.1) is 11.3 Å². The van der Waals surface area contributed by atoms with Crippen LogP contribution in [0.3, 0.4) is 0 Å². The molecule has 2 aromatic heterocycles. The summed E-state index contributed by atoms with van der Waals surface area (Å²) >= 11 is 7.14. The van der Waals surface area contributed by atoms with Crippen molar-refractivity contribution < 1.29 is 9.18 Å². The number of aromatic nitrogens is 2. The Bertz CT molecular complexity index is 820. The molecule has 0 aliphatic rings. The quantitative estimate of drug-likeness (QED) is 0.674. The molecule has 3 rings (SSSR count). The van der Waals surface area contributed by atoms with E-state index in [-0.39, 0.29) is 10.8 Å². The SMILES string of the molecule is O=C(c1cncnc1)c1cc(Cc2ccc(F)c(Cl)c2)cs1. The minimum Gasteiger partial charge on any atom is -0.288 e. The van der Waals surface area contributed by atoms with Crippen LogP contribution in [0.15, 0.2) is 48.4 Å². The molecule has 0 saturated carbocycles. The van der Waals surface area contributed by atoms with Crippen LogP contribution in [0.1, 0.15) is 26.4 Å². The molecule has 0 radical (unpaired) electrons. The number of carbonyl (C=O) groups excluding carboxylic acids is 1. The molecule has 0 unspecified atom stereocenters. The molecule has 3 nitrogen and oxygen atoms in total. The molecule has 0 fully saturated rings. The zero-order valence-corrected chi connectivity index (χ0v) is 12.9. The van der Waals surface area contributed by atoms with Crippen molar-refractivity contribution >= 4 is 28.7 Å². The van der Waals surface area contributed by atoms with Gasteiger partial charge in [-0.05, 0) is 41.1 Å². The van der Waals surface area contributed by atoms with E-state index in [1.807, 2.05) is 11.4 Å². The second-order valence-corrected chi connectivity index (χ2v) is 6.02. The third-order valence-electron chi connectivity index (χ3n) is 3.09. The minimum absolute atomic E-state index is 0.102. The van der Waals surface area contributed by atoms with E-state index in [1.54, 1.807) is 12.1 Å². The summed E-state index contributed by atoms with van der Waals surface area (Å²) in [5.41, 5.74) is 2.33. The Labute approximate surface area is 135 Å². The summed E-state index contributed by atoms with van der Waals surface area (Å²) < 4.78 is 13.1. The van der Waals surface area contributed by atoms with Crippen LogP contribution < -0.4 is 0 Å². The number of hydrogen-bond acceptors (Lipinski definition) is 4. The summed E-state index contributed by atoms with van der Waals surface area (Å²) in [4.78, 5) is 20.6. The topological polar surface area (TPSA) is 42.9 Å². The van der Waals surface area contributed by atoms with Crippen LogP contribution in [0.2, 0.25) is 5.02 Å². The summed E-state index contributed by atoms with van der Waals surface area (Å²) in [6, 6.07) is 6.46. The van der Waals surface area contributed by atoms with Gasteiger partial charge in [-0.2, -0.15) is 0 Å². The summed E-state index contributed by atoms with van der Waals surface area (Å²) in [6.45, 7) is 0. The van der Waals surface area contributed by atoms with Gasteiger partial charge in [0.05, 0.1) is 15.5 Å². The van der Waals surface area contributed by atoms with Crippen molar-refractivity contribution in [2.24, 2.45) is 0 Å². The molecule has 1 aromatic carbocycles. The summed E-state index contributed by atoms with van der Waals surface area (Å²) in [7, 11) is 0. The third-order valence-corrected chi connectivity index (χ3v) is 4.36. The van der Waals surface area contributed by atoms with E-state index in [1.165, 1.54) is 36.1 Å². The average Bonchev–Trinajstić information content (AvgIpc) is 2.99. The van der Waals surface area contributed by atoms with Crippen LogP contribution in [0.5, 0.6) is 0 Å². The highest BCUT2D eigenvalue weighted by Gasteiger charge is 2.13. The van der Waals surface area contributed by atoms with E-state index in [9.17, 15) is 9.18 Å². The number of nitrogens with zero attached hydrogens (tertiary/aromatic N) is 2. The number of thiophene rings is 1. The van der Waals surface area contributed by atoms with Gasteiger partial charge in [-0.1, -0.05) is 17.7 Å². The fraction of sp³-hybridized carbons (Fsp3) is 0.0625. The first kappa shape index (κ1) is 14.8. The van der Waals surface area contributed by atoms with Crippen LogP contribution in [-0.4, -0.2) is 15.8 Å². The number of halogens is 2. The monoisotopic (exact) mass is 332 g/mol. The maximum atomic E-state index is 13.1. The van der Waals surface area contributed by atoms with Crippen molar-refractivity contribution in [1.82, 2.24) is 9.97 Å². The summed E-state index contributed by atoms with van der Waals surface area (Å²) in [5.74, 6) is -0.537. The Kier molecular flexibility index (Phi) is 4.27. The van der Waals surface area contributed by atoms with Gasteiger partial charge in [0.1, 0.15) is 12.1 Å². The highest BCUT2D eigenvalue weighted by molar-refractivity contribution is 7.12. The first-order valence-corrected chi connectivity index (χ1v) is 7.70. The Morgan fingerprint density at radius 3 is 2.68 bits per heavy atom. The number of rotatable bonds is 4. The van der Waals surface area contributed by atoms with E-state index in [0.29, 0.717) is 16.9 Å². The standard InChI is InChI=1S/C16H10ClFN2OS/c17-13-4-10(1-2-14(13)18)3-11-5-15(22-8-11)16(21)12-6-19-9-20-7-12/h1-2,4-9H,3H2. The van der Waals surface area contributed by atoms with Gasteiger partial charge in [-0.3, -0.25) is 4.79 Å². The van der Waals surface area contributed by atoms with Crippen molar-refractivity contribution in [3.8, 4) is 0 Å². The lowest BCUT2D eigenvalue weighted by molar-refractivity contribution is 0.104. The molecule has 6 heteroatoms. The molecule has 0 spiro atoms. The predicted octanol–water partition coefficient (Wildman–Crippen LogP) is 4.15. The van der Waals surface area contributed by atoms with Crippen molar-refractivity contribution in [3.63, 3.8) is 0 Å². The number of carbonyl (C=O) groups is 1. The average molecular weight is 333 g/mol. The van der Waals surface area contributed by atoms with Crippen LogP contribution >= 0.6 is 22.9 Å². The van der Waals surface area contributed by atoms with Gasteiger partial charge >= 0.3 is 0 Å². The molecule has 22 heavy (non-hydrogen) atoms. The normalized spacial score (nSPS) is 10.6. The lowest BCUT2D eigenvalue weighted by Gasteiger charge is -2.01. The molecule has 0 amide bonds. The van der Waals surface area contributed by atoms with Gasteiger partial charge in [0.15, 0.2) is 0 Å². The maximum absolute atomic E-state index is 13.1. The molecule has 3 aromatic rings. The Morgan fingerprint density at radius 1 is 1.18 bits per heavy atom. The Balaban J connectivity index is 1.79. The van der Waals surface area contributed by atoms with E-state index >= 15 is 0 Å². The van der Waals surface area contributed by atoms with Gasteiger partial charge in [0, 0.05) is 12.4 Å². The van der Waals surface area contributed by atoms with E-state index < -0.39 is 5.82 Å². The van der Waals surface area contributed by atoms with Gasteiger partial charge in [-0.25, -0.2) is 14.4 Å². The van der Waals surface area contributed by atoms with Crippen molar-refractivity contribution in [3.05, 3.63) is 80.8 Å². The molecule has 0 atom stereocenters. The van der Waals surface area contributed by atoms with Crippen LogP contribution in [0.25, 0.3) is 0 Å². The lowest BCUT2D eigenvalue weighted by Crippen LogP contribution is -1.99. The molecular weight excluding hydrogens is 323 g/mol. The molecular formula is C16H10ClFN2OS.